The highest BCUT2D eigenvalue weighted by molar-refractivity contribution is 5.00. The molecule has 3 N–H and O–H groups in total. The lowest BCUT2D eigenvalue weighted by Gasteiger charge is -2.58. The minimum absolute atomic E-state index is 0.0404. The molecular weight excluding hydrogens is 232 g/mol. The zero-order chi connectivity index (χ0) is 14.0. The molecule has 1 unspecified atom stereocenters. The summed E-state index contributed by atoms with van der Waals surface area (Å²) in [5, 5.41) is 32.7. The molecule has 18 heavy (non-hydrogen) atoms. The monoisotopic (exact) mass is 260 g/mol. The molecule has 1 saturated heterocycles. The van der Waals surface area contributed by atoms with E-state index in [9.17, 15) is 15.3 Å². The number of aliphatic hydroxyl groups excluding tert-OH is 3. The van der Waals surface area contributed by atoms with E-state index in [1.807, 2.05) is 18.9 Å². The van der Waals surface area contributed by atoms with Gasteiger partial charge in [0.1, 0.15) is 0 Å². The molecule has 1 rings (SSSR count). The average Bonchev–Trinajstić information content (AvgIpc) is 2.24. The first-order valence-electron chi connectivity index (χ1n) is 6.72. The largest absolute Gasteiger partial charge is 0.395 e. The predicted octanol–water partition coefficient (Wildman–Crippen LogP) is 0.202. The van der Waals surface area contributed by atoms with Crippen molar-refractivity contribution in [2.24, 2.45) is 0 Å². The molecule has 0 aromatic rings. The Labute approximate surface area is 110 Å². The smallest absolute Gasteiger partial charge is 0.0733 e. The molecule has 5 heteroatoms. The van der Waals surface area contributed by atoms with E-state index in [1.54, 1.807) is 0 Å². The molecule has 0 bridgehead atoms. The Morgan fingerprint density at radius 2 is 1.61 bits per heavy atom. The van der Waals surface area contributed by atoms with Gasteiger partial charge in [0.2, 0.25) is 0 Å². The van der Waals surface area contributed by atoms with Crippen LogP contribution in [0.1, 0.15) is 40.5 Å². The highest BCUT2D eigenvalue weighted by atomic mass is 16.3. The Bertz CT molecular complexity index is 263. The van der Waals surface area contributed by atoms with Gasteiger partial charge in [-0.3, -0.25) is 0 Å². The van der Waals surface area contributed by atoms with Crippen LogP contribution in [0.2, 0.25) is 0 Å². The van der Waals surface area contributed by atoms with Crippen LogP contribution in [0.25, 0.3) is 0 Å². The van der Waals surface area contributed by atoms with E-state index < -0.39 is 11.6 Å². The second kappa shape index (κ2) is 5.84. The number of rotatable bonds is 5. The Balaban J connectivity index is 3.02. The van der Waals surface area contributed by atoms with Gasteiger partial charge in [-0.1, -0.05) is 0 Å². The van der Waals surface area contributed by atoms with Crippen molar-refractivity contribution in [3.05, 3.63) is 0 Å². The van der Waals surface area contributed by atoms with Crippen LogP contribution in [-0.4, -0.2) is 68.8 Å². The number of aliphatic hydroxyl groups is 3. The molecule has 1 aliphatic heterocycles. The molecular formula is C13H28N2O3. The number of hydrogen-bond donors (Lipinski definition) is 3. The van der Waals surface area contributed by atoms with Crippen LogP contribution in [0, 0.1) is 0 Å². The molecule has 0 saturated carbocycles. The van der Waals surface area contributed by atoms with Gasteiger partial charge in [-0.05, 0) is 40.5 Å². The van der Waals surface area contributed by atoms with Crippen molar-refractivity contribution in [1.82, 2.24) is 10.0 Å². The highest BCUT2D eigenvalue weighted by Gasteiger charge is 2.48. The van der Waals surface area contributed by atoms with Crippen LogP contribution in [0.5, 0.6) is 0 Å². The molecule has 5 nitrogen and oxygen atoms in total. The summed E-state index contributed by atoms with van der Waals surface area (Å²) in [5.74, 6) is 0. The minimum atomic E-state index is -0.398. The summed E-state index contributed by atoms with van der Waals surface area (Å²) >= 11 is 0. The summed E-state index contributed by atoms with van der Waals surface area (Å²) in [6.45, 7) is 9.34. The maximum Gasteiger partial charge on any atom is 0.0733 e. The van der Waals surface area contributed by atoms with Crippen LogP contribution in [0.4, 0.5) is 0 Å². The van der Waals surface area contributed by atoms with E-state index >= 15 is 0 Å². The second-order valence-corrected chi connectivity index (χ2v) is 6.23. The Hall–Kier alpha value is -0.200. The van der Waals surface area contributed by atoms with Crippen LogP contribution >= 0.6 is 0 Å². The van der Waals surface area contributed by atoms with Gasteiger partial charge < -0.3 is 15.3 Å². The number of piperidine rings is 1. The molecule has 1 fully saturated rings. The van der Waals surface area contributed by atoms with E-state index in [2.05, 4.69) is 18.9 Å². The minimum Gasteiger partial charge on any atom is -0.395 e. The van der Waals surface area contributed by atoms with Crippen molar-refractivity contribution < 1.29 is 15.3 Å². The van der Waals surface area contributed by atoms with Crippen molar-refractivity contribution in [1.29, 1.82) is 0 Å². The van der Waals surface area contributed by atoms with Gasteiger partial charge in [-0.2, -0.15) is 0 Å². The lowest BCUT2D eigenvalue weighted by atomic mass is 9.79. The van der Waals surface area contributed by atoms with Gasteiger partial charge in [0.05, 0.1) is 24.9 Å². The summed E-state index contributed by atoms with van der Waals surface area (Å²) in [6, 6.07) is 0. The third-order valence-corrected chi connectivity index (χ3v) is 3.96. The van der Waals surface area contributed by atoms with E-state index in [4.69, 9.17) is 0 Å². The molecule has 0 radical (unpaired) electrons. The summed E-state index contributed by atoms with van der Waals surface area (Å²) in [6.07, 6.45) is 1.28. The Morgan fingerprint density at radius 3 is 2.06 bits per heavy atom. The molecule has 1 atom stereocenters. The SMILES string of the molecule is CC1(C)CCC(O)C(C)(C)N1N(CCO)CCO. The fraction of sp³-hybridized carbons (Fsp3) is 1.00. The molecule has 0 amide bonds. The zero-order valence-electron chi connectivity index (χ0n) is 12.1. The van der Waals surface area contributed by atoms with Gasteiger partial charge >= 0.3 is 0 Å². The molecule has 1 aliphatic rings. The van der Waals surface area contributed by atoms with E-state index in [-0.39, 0.29) is 18.8 Å². The van der Waals surface area contributed by atoms with Crippen LogP contribution < -0.4 is 0 Å². The van der Waals surface area contributed by atoms with E-state index in [1.165, 1.54) is 0 Å². The number of nitrogens with zero attached hydrogens (tertiary/aromatic N) is 2. The summed E-state index contributed by atoms with van der Waals surface area (Å²) < 4.78 is 0. The first kappa shape index (κ1) is 15.9. The standard InChI is InChI=1S/C13H28N2O3/c1-12(2)6-5-11(18)13(3,4)15(12)14(7-9-16)8-10-17/h11,16-18H,5-10H2,1-4H3. The fourth-order valence-electron chi connectivity index (χ4n) is 3.16. The highest BCUT2D eigenvalue weighted by Crippen LogP contribution is 2.39. The van der Waals surface area contributed by atoms with Crippen molar-refractivity contribution >= 4 is 0 Å². The molecule has 1 heterocycles. The lowest BCUT2D eigenvalue weighted by molar-refractivity contribution is -0.222. The summed E-state index contributed by atoms with van der Waals surface area (Å²) in [5.41, 5.74) is -0.487. The first-order valence-corrected chi connectivity index (χ1v) is 6.72. The van der Waals surface area contributed by atoms with Crippen molar-refractivity contribution in [3.8, 4) is 0 Å². The van der Waals surface area contributed by atoms with E-state index in [0.717, 1.165) is 12.8 Å². The van der Waals surface area contributed by atoms with Crippen molar-refractivity contribution in [2.45, 2.75) is 57.7 Å². The molecule has 0 spiro atoms. The van der Waals surface area contributed by atoms with Crippen LogP contribution in [0.15, 0.2) is 0 Å². The topological polar surface area (TPSA) is 67.2 Å². The van der Waals surface area contributed by atoms with E-state index in [0.29, 0.717) is 13.1 Å². The van der Waals surface area contributed by atoms with Gasteiger partial charge in [0.15, 0.2) is 0 Å². The Morgan fingerprint density at radius 1 is 1.11 bits per heavy atom. The fourth-order valence-corrected chi connectivity index (χ4v) is 3.16. The van der Waals surface area contributed by atoms with Gasteiger partial charge in [-0.25, -0.2) is 10.0 Å². The third-order valence-electron chi connectivity index (χ3n) is 3.96. The molecule has 108 valence electrons. The lowest BCUT2D eigenvalue weighted by Crippen LogP contribution is -2.70. The van der Waals surface area contributed by atoms with Gasteiger partial charge in [0, 0.05) is 18.6 Å². The Kier molecular flexibility index (Phi) is 5.14. The van der Waals surface area contributed by atoms with Gasteiger partial charge in [-0.15, -0.1) is 0 Å². The average molecular weight is 260 g/mol. The quantitative estimate of drug-likeness (QED) is 0.659. The predicted molar refractivity (Wildman–Crippen MR) is 71.0 cm³/mol. The normalized spacial score (nSPS) is 27.7. The summed E-state index contributed by atoms with van der Waals surface area (Å²) in [7, 11) is 0. The third kappa shape index (κ3) is 3.03. The maximum atomic E-state index is 10.2. The van der Waals surface area contributed by atoms with Crippen molar-refractivity contribution in [3.63, 3.8) is 0 Å². The second-order valence-electron chi connectivity index (χ2n) is 6.23. The number of hydrazine groups is 1. The first-order chi connectivity index (χ1) is 8.27. The molecule has 0 aromatic carbocycles. The molecule has 0 aliphatic carbocycles. The van der Waals surface area contributed by atoms with Crippen LogP contribution in [-0.2, 0) is 0 Å². The van der Waals surface area contributed by atoms with Crippen molar-refractivity contribution in [2.75, 3.05) is 26.3 Å². The van der Waals surface area contributed by atoms with Crippen LogP contribution in [0.3, 0.4) is 0 Å². The number of hydrogen-bond acceptors (Lipinski definition) is 5. The zero-order valence-corrected chi connectivity index (χ0v) is 12.1. The summed E-state index contributed by atoms with van der Waals surface area (Å²) in [4.78, 5) is 0. The maximum absolute atomic E-state index is 10.2. The van der Waals surface area contributed by atoms with Gasteiger partial charge in [0.25, 0.3) is 0 Å². The molecule has 0 aromatic heterocycles.